The van der Waals surface area contributed by atoms with Gasteiger partial charge in [-0.3, -0.25) is 4.55 Å². The van der Waals surface area contributed by atoms with Crippen LogP contribution in [0.5, 0.6) is 11.5 Å². The highest BCUT2D eigenvalue weighted by Crippen LogP contribution is 2.35. The molecule has 0 radical (unpaired) electrons. The number of phenols is 1. The van der Waals surface area contributed by atoms with Crippen LogP contribution < -0.4 is 4.74 Å². The lowest BCUT2D eigenvalue weighted by Crippen LogP contribution is -2.02. The summed E-state index contributed by atoms with van der Waals surface area (Å²) in [4.78, 5) is -0.532. The van der Waals surface area contributed by atoms with Gasteiger partial charge in [0.25, 0.3) is 10.1 Å². The lowest BCUT2D eigenvalue weighted by molar-refractivity contribution is 0.401. The first-order chi connectivity index (χ1) is 7.27. The minimum absolute atomic E-state index is 0.0874. The number of ether oxygens (including phenoxy) is 1. The molecule has 0 unspecified atom stereocenters. The third-order valence-electron chi connectivity index (χ3n) is 2.21. The molecule has 0 spiro atoms. The van der Waals surface area contributed by atoms with Crippen molar-refractivity contribution < 1.29 is 22.8 Å². The molecule has 5 nitrogen and oxygen atoms in total. The molecule has 0 aromatic heterocycles. The molecule has 0 bridgehead atoms. The Balaban J connectivity index is 3.56. The van der Waals surface area contributed by atoms with Crippen molar-refractivity contribution >= 4 is 10.1 Å². The molecule has 6 heteroatoms. The average Bonchev–Trinajstić information content (AvgIpc) is 2.15. The summed E-state index contributed by atoms with van der Waals surface area (Å²) in [6, 6.07) is 2.62. The summed E-state index contributed by atoms with van der Waals surface area (Å²) in [5.41, 5.74) is 0.409. The van der Waals surface area contributed by atoms with Gasteiger partial charge in [-0.2, -0.15) is 8.42 Å². The Labute approximate surface area is 94.4 Å². The van der Waals surface area contributed by atoms with Gasteiger partial charge in [-0.25, -0.2) is 0 Å². The van der Waals surface area contributed by atoms with Crippen molar-refractivity contribution in [2.45, 2.75) is 24.7 Å². The van der Waals surface area contributed by atoms with E-state index in [9.17, 15) is 13.5 Å². The maximum absolute atomic E-state index is 11.0. The van der Waals surface area contributed by atoms with E-state index in [0.29, 0.717) is 5.56 Å². The van der Waals surface area contributed by atoms with E-state index in [1.54, 1.807) is 13.8 Å². The van der Waals surface area contributed by atoms with E-state index in [1.165, 1.54) is 13.2 Å². The van der Waals surface area contributed by atoms with Gasteiger partial charge in [0.2, 0.25) is 0 Å². The molecule has 0 heterocycles. The second kappa shape index (κ2) is 4.31. The SMILES string of the molecule is COc1cc(C(C)C)c(O)c(S(=O)(=O)O)c1. The first kappa shape index (κ1) is 12.8. The second-order valence-electron chi connectivity index (χ2n) is 3.69. The molecule has 0 aliphatic carbocycles. The van der Waals surface area contributed by atoms with Gasteiger partial charge in [-0.15, -0.1) is 0 Å². The zero-order chi connectivity index (χ0) is 12.5. The molecular formula is C10H14O5S. The fourth-order valence-electron chi connectivity index (χ4n) is 1.36. The monoisotopic (exact) mass is 246 g/mol. The predicted molar refractivity (Wildman–Crippen MR) is 58.6 cm³/mol. The molecule has 0 aliphatic heterocycles. The average molecular weight is 246 g/mol. The molecule has 2 N–H and O–H groups in total. The van der Waals surface area contributed by atoms with Crippen molar-refractivity contribution in [2.24, 2.45) is 0 Å². The highest BCUT2D eigenvalue weighted by molar-refractivity contribution is 7.86. The molecule has 0 aliphatic rings. The quantitative estimate of drug-likeness (QED) is 0.794. The summed E-state index contributed by atoms with van der Waals surface area (Å²) in [5, 5.41) is 9.72. The van der Waals surface area contributed by atoms with Crippen LogP contribution in [0.25, 0.3) is 0 Å². The number of methoxy groups -OCH3 is 1. The van der Waals surface area contributed by atoms with Gasteiger partial charge < -0.3 is 9.84 Å². The van der Waals surface area contributed by atoms with Crippen molar-refractivity contribution in [1.82, 2.24) is 0 Å². The van der Waals surface area contributed by atoms with Crippen LogP contribution in [0.2, 0.25) is 0 Å². The lowest BCUT2D eigenvalue weighted by Gasteiger charge is -2.13. The van der Waals surface area contributed by atoms with Crippen LogP contribution in [0.15, 0.2) is 17.0 Å². The minimum atomic E-state index is -4.45. The number of phenolic OH excluding ortho intramolecular Hbond substituents is 1. The predicted octanol–water partition coefficient (Wildman–Crippen LogP) is 1.77. The summed E-state index contributed by atoms with van der Waals surface area (Å²) in [6.45, 7) is 3.59. The van der Waals surface area contributed by atoms with Crippen LogP contribution in [-0.2, 0) is 10.1 Å². The van der Waals surface area contributed by atoms with Crippen molar-refractivity contribution in [3.8, 4) is 11.5 Å². The number of hydrogen-bond donors (Lipinski definition) is 2. The van der Waals surface area contributed by atoms with E-state index >= 15 is 0 Å². The normalized spacial score (nSPS) is 11.8. The maximum atomic E-state index is 11.0. The van der Waals surface area contributed by atoms with Gasteiger partial charge in [0.15, 0.2) is 0 Å². The van der Waals surface area contributed by atoms with Gasteiger partial charge in [0.1, 0.15) is 16.4 Å². The van der Waals surface area contributed by atoms with Gasteiger partial charge in [-0.05, 0) is 12.0 Å². The topological polar surface area (TPSA) is 83.8 Å². The van der Waals surface area contributed by atoms with E-state index in [1.807, 2.05) is 0 Å². The van der Waals surface area contributed by atoms with Crippen molar-refractivity contribution in [3.63, 3.8) is 0 Å². The van der Waals surface area contributed by atoms with Crippen molar-refractivity contribution in [2.75, 3.05) is 7.11 Å². The third kappa shape index (κ3) is 2.45. The Hall–Kier alpha value is -1.27. The molecule has 16 heavy (non-hydrogen) atoms. The summed E-state index contributed by atoms with van der Waals surface area (Å²) in [6.07, 6.45) is 0. The maximum Gasteiger partial charge on any atom is 0.298 e. The Morgan fingerprint density at radius 2 is 1.88 bits per heavy atom. The molecule has 1 rings (SSSR count). The van der Waals surface area contributed by atoms with E-state index in [2.05, 4.69) is 0 Å². The van der Waals surface area contributed by atoms with Gasteiger partial charge in [0.05, 0.1) is 7.11 Å². The lowest BCUT2D eigenvalue weighted by atomic mass is 10.0. The zero-order valence-electron chi connectivity index (χ0n) is 9.26. The second-order valence-corrected chi connectivity index (χ2v) is 5.08. The fourth-order valence-corrected chi connectivity index (χ4v) is 1.98. The van der Waals surface area contributed by atoms with Crippen LogP contribution in [0.3, 0.4) is 0 Å². The number of hydrogen-bond acceptors (Lipinski definition) is 4. The van der Waals surface area contributed by atoms with Crippen molar-refractivity contribution in [3.05, 3.63) is 17.7 Å². The molecule has 90 valence electrons. The first-order valence-electron chi connectivity index (χ1n) is 4.65. The Kier molecular flexibility index (Phi) is 3.44. The summed E-state index contributed by atoms with van der Waals surface area (Å²) in [7, 11) is -3.07. The Bertz CT molecular complexity index is 490. The third-order valence-corrected chi connectivity index (χ3v) is 3.08. The molecule has 0 atom stereocenters. The molecule has 1 aromatic carbocycles. The minimum Gasteiger partial charge on any atom is -0.506 e. The smallest absolute Gasteiger partial charge is 0.298 e. The van der Waals surface area contributed by atoms with Gasteiger partial charge in [-0.1, -0.05) is 13.8 Å². The summed E-state index contributed by atoms with van der Waals surface area (Å²) >= 11 is 0. The Morgan fingerprint density at radius 1 is 1.31 bits per heavy atom. The molecule has 0 amide bonds. The molecule has 0 fully saturated rings. The highest BCUT2D eigenvalue weighted by atomic mass is 32.2. The first-order valence-corrected chi connectivity index (χ1v) is 6.09. The largest absolute Gasteiger partial charge is 0.506 e. The van der Waals surface area contributed by atoms with Crippen LogP contribution in [0.1, 0.15) is 25.3 Å². The highest BCUT2D eigenvalue weighted by Gasteiger charge is 2.21. The molecule has 1 aromatic rings. The van der Waals surface area contributed by atoms with Crippen LogP contribution in [-0.4, -0.2) is 25.2 Å². The number of rotatable bonds is 3. The number of benzene rings is 1. The van der Waals surface area contributed by atoms with Crippen LogP contribution >= 0.6 is 0 Å². The number of aromatic hydroxyl groups is 1. The van der Waals surface area contributed by atoms with E-state index < -0.39 is 20.8 Å². The summed E-state index contributed by atoms with van der Waals surface area (Å²) < 4.78 is 35.9. The molecular weight excluding hydrogens is 232 g/mol. The van der Waals surface area contributed by atoms with Crippen molar-refractivity contribution in [1.29, 1.82) is 0 Å². The fraction of sp³-hybridized carbons (Fsp3) is 0.400. The van der Waals surface area contributed by atoms with Gasteiger partial charge in [0, 0.05) is 11.6 Å². The summed E-state index contributed by atoms with van der Waals surface area (Å²) in [5.74, 6) is -0.247. The molecule has 0 saturated heterocycles. The standard InChI is InChI=1S/C10H14O5S/c1-6(2)8-4-7(15-3)5-9(10(8)11)16(12,13)14/h4-6,11H,1-3H3,(H,12,13,14). The zero-order valence-corrected chi connectivity index (χ0v) is 10.1. The van der Waals surface area contributed by atoms with Gasteiger partial charge >= 0.3 is 0 Å². The van der Waals surface area contributed by atoms with E-state index in [0.717, 1.165) is 6.07 Å². The molecule has 0 saturated carbocycles. The van der Waals surface area contributed by atoms with Crippen LogP contribution in [0, 0.1) is 0 Å². The Morgan fingerprint density at radius 3 is 2.25 bits per heavy atom. The van der Waals surface area contributed by atoms with Crippen LogP contribution in [0.4, 0.5) is 0 Å². The van der Waals surface area contributed by atoms with E-state index in [4.69, 9.17) is 9.29 Å². The van der Waals surface area contributed by atoms with E-state index in [-0.39, 0.29) is 11.7 Å².